The molecule has 0 fully saturated rings. The number of hydrogen-bond acceptors (Lipinski definition) is 4. The van der Waals surface area contributed by atoms with Crippen LogP contribution >= 0.6 is 0 Å². The van der Waals surface area contributed by atoms with Crippen molar-refractivity contribution in [3.63, 3.8) is 0 Å². The molecule has 0 saturated heterocycles. The Morgan fingerprint density at radius 2 is 2.00 bits per heavy atom. The number of hydrogen-bond donors (Lipinski definition) is 2. The molecule has 0 aliphatic carbocycles. The largest absolute Gasteiger partial charge is 0.467 e. The highest BCUT2D eigenvalue weighted by Gasteiger charge is 2.21. The minimum absolute atomic E-state index is 0.151. The van der Waals surface area contributed by atoms with Crippen LogP contribution in [0.4, 0.5) is 0 Å². The molecule has 0 aliphatic heterocycles. The van der Waals surface area contributed by atoms with E-state index >= 15 is 0 Å². The number of amides is 1. The minimum Gasteiger partial charge on any atom is -0.467 e. The summed E-state index contributed by atoms with van der Waals surface area (Å²) in [7, 11) is 1.32. The molecule has 0 aliphatic rings. The molecular weight excluding hydrogens is 208 g/mol. The third kappa shape index (κ3) is 6.40. The Balaban J connectivity index is 4.19. The SMILES string of the molecule is COC(=O)C(CC(C)C)NC(=O)CCCN. The summed E-state index contributed by atoms with van der Waals surface area (Å²) in [6.07, 6.45) is 1.56. The van der Waals surface area contributed by atoms with Crippen molar-refractivity contribution in [1.82, 2.24) is 5.32 Å². The number of ether oxygens (including phenoxy) is 1. The van der Waals surface area contributed by atoms with Gasteiger partial charge in [-0.05, 0) is 25.3 Å². The molecule has 0 aromatic heterocycles. The number of methoxy groups -OCH3 is 1. The summed E-state index contributed by atoms with van der Waals surface area (Å²) in [5.74, 6) is -0.227. The zero-order valence-electron chi connectivity index (χ0n) is 10.3. The number of carbonyl (C=O) groups excluding carboxylic acids is 2. The van der Waals surface area contributed by atoms with Crippen LogP contribution in [0.5, 0.6) is 0 Å². The fraction of sp³-hybridized carbons (Fsp3) is 0.818. The molecule has 0 aromatic rings. The van der Waals surface area contributed by atoms with Gasteiger partial charge in [-0.2, -0.15) is 0 Å². The Hall–Kier alpha value is -1.10. The Morgan fingerprint density at radius 3 is 2.44 bits per heavy atom. The van der Waals surface area contributed by atoms with Gasteiger partial charge in [-0.1, -0.05) is 13.8 Å². The van der Waals surface area contributed by atoms with Crippen molar-refractivity contribution < 1.29 is 14.3 Å². The molecule has 0 saturated carbocycles. The second-order valence-electron chi connectivity index (χ2n) is 4.17. The van der Waals surface area contributed by atoms with Crippen LogP contribution in [0.1, 0.15) is 33.1 Å². The van der Waals surface area contributed by atoms with Crippen LogP contribution in [0.3, 0.4) is 0 Å². The van der Waals surface area contributed by atoms with Gasteiger partial charge in [-0.25, -0.2) is 4.79 Å². The second kappa shape index (κ2) is 8.10. The molecular formula is C11H22N2O3. The third-order valence-corrected chi connectivity index (χ3v) is 2.14. The molecule has 0 heterocycles. The number of esters is 1. The first kappa shape index (κ1) is 14.9. The van der Waals surface area contributed by atoms with Crippen molar-refractivity contribution >= 4 is 11.9 Å². The summed E-state index contributed by atoms with van der Waals surface area (Å²) in [5.41, 5.74) is 5.30. The van der Waals surface area contributed by atoms with E-state index in [1.165, 1.54) is 7.11 Å². The van der Waals surface area contributed by atoms with Crippen molar-refractivity contribution in [2.75, 3.05) is 13.7 Å². The predicted molar refractivity (Wildman–Crippen MR) is 61.7 cm³/mol. The van der Waals surface area contributed by atoms with E-state index in [1.807, 2.05) is 13.8 Å². The quantitative estimate of drug-likeness (QED) is 0.621. The average molecular weight is 230 g/mol. The Kier molecular flexibility index (Phi) is 7.54. The van der Waals surface area contributed by atoms with Gasteiger partial charge in [0.1, 0.15) is 6.04 Å². The van der Waals surface area contributed by atoms with Gasteiger partial charge in [-0.3, -0.25) is 4.79 Å². The van der Waals surface area contributed by atoms with Gasteiger partial charge in [0.15, 0.2) is 0 Å². The molecule has 0 rings (SSSR count). The molecule has 5 heteroatoms. The van der Waals surface area contributed by atoms with Gasteiger partial charge in [-0.15, -0.1) is 0 Å². The van der Waals surface area contributed by atoms with Crippen LogP contribution in [0, 0.1) is 5.92 Å². The maximum absolute atomic E-state index is 11.4. The third-order valence-electron chi connectivity index (χ3n) is 2.14. The molecule has 1 atom stereocenters. The molecule has 0 radical (unpaired) electrons. The average Bonchev–Trinajstić information content (AvgIpc) is 2.23. The van der Waals surface area contributed by atoms with E-state index in [4.69, 9.17) is 5.73 Å². The summed E-state index contributed by atoms with van der Waals surface area (Å²) in [5, 5.41) is 2.66. The van der Waals surface area contributed by atoms with Crippen molar-refractivity contribution in [1.29, 1.82) is 0 Å². The van der Waals surface area contributed by atoms with Crippen molar-refractivity contribution in [3.05, 3.63) is 0 Å². The van der Waals surface area contributed by atoms with Crippen LogP contribution in [-0.4, -0.2) is 31.6 Å². The fourth-order valence-electron chi connectivity index (χ4n) is 1.36. The van der Waals surface area contributed by atoms with E-state index in [9.17, 15) is 9.59 Å². The fourth-order valence-corrected chi connectivity index (χ4v) is 1.36. The van der Waals surface area contributed by atoms with E-state index in [2.05, 4.69) is 10.1 Å². The van der Waals surface area contributed by atoms with E-state index in [0.717, 1.165) is 0 Å². The highest BCUT2D eigenvalue weighted by Crippen LogP contribution is 2.06. The molecule has 0 aromatic carbocycles. The zero-order valence-corrected chi connectivity index (χ0v) is 10.3. The predicted octanol–water partition coefficient (Wildman–Crippen LogP) is 0.429. The topological polar surface area (TPSA) is 81.4 Å². The molecule has 1 unspecified atom stereocenters. The van der Waals surface area contributed by atoms with E-state index in [0.29, 0.717) is 31.7 Å². The van der Waals surface area contributed by atoms with Crippen LogP contribution < -0.4 is 11.1 Å². The van der Waals surface area contributed by atoms with Crippen LogP contribution in [0.15, 0.2) is 0 Å². The van der Waals surface area contributed by atoms with Crippen LogP contribution in [0.25, 0.3) is 0 Å². The lowest BCUT2D eigenvalue weighted by atomic mass is 10.0. The summed E-state index contributed by atoms with van der Waals surface area (Å²) < 4.78 is 4.64. The number of nitrogens with one attached hydrogen (secondary N) is 1. The van der Waals surface area contributed by atoms with Gasteiger partial charge in [0, 0.05) is 6.42 Å². The number of nitrogens with two attached hydrogens (primary N) is 1. The second-order valence-corrected chi connectivity index (χ2v) is 4.17. The van der Waals surface area contributed by atoms with Gasteiger partial charge in [0.2, 0.25) is 5.91 Å². The first-order chi connectivity index (χ1) is 7.51. The van der Waals surface area contributed by atoms with Crippen LogP contribution in [0.2, 0.25) is 0 Å². The Bertz CT molecular complexity index is 229. The Morgan fingerprint density at radius 1 is 1.38 bits per heavy atom. The molecule has 0 bridgehead atoms. The zero-order chi connectivity index (χ0) is 12.6. The molecule has 3 N–H and O–H groups in total. The molecule has 0 spiro atoms. The number of carbonyl (C=O) groups is 2. The smallest absolute Gasteiger partial charge is 0.328 e. The highest BCUT2D eigenvalue weighted by molar-refractivity contribution is 5.84. The molecule has 94 valence electrons. The summed E-state index contributed by atoms with van der Waals surface area (Å²) >= 11 is 0. The van der Waals surface area contributed by atoms with Gasteiger partial charge in [0.05, 0.1) is 7.11 Å². The highest BCUT2D eigenvalue weighted by atomic mass is 16.5. The molecule has 1 amide bonds. The van der Waals surface area contributed by atoms with E-state index in [1.54, 1.807) is 0 Å². The first-order valence-corrected chi connectivity index (χ1v) is 5.58. The lowest BCUT2D eigenvalue weighted by Gasteiger charge is -2.18. The van der Waals surface area contributed by atoms with Crippen molar-refractivity contribution in [2.24, 2.45) is 11.7 Å². The van der Waals surface area contributed by atoms with Gasteiger partial charge in [0.25, 0.3) is 0 Å². The lowest BCUT2D eigenvalue weighted by Crippen LogP contribution is -2.42. The van der Waals surface area contributed by atoms with Crippen molar-refractivity contribution in [2.45, 2.75) is 39.2 Å². The minimum atomic E-state index is -0.546. The summed E-state index contributed by atoms with van der Waals surface area (Å²) in [6, 6.07) is -0.546. The van der Waals surface area contributed by atoms with E-state index < -0.39 is 12.0 Å². The monoisotopic (exact) mass is 230 g/mol. The van der Waals surface area contributed by atoms with Crippen molar-refractivity contribution in [3.8, 4) is 0 Å². The Labute approximate surface area is 96.7 Å². The molecule has 5 nitrogen and oxygen atoms in total. The summed E-state index contributed by atoms with van der Waals surface area (Å²) in [4.78, 5) is 22.8. The van der Waals surface area contributed by atoms with Gasteiger partial charge < -0.3 is 15.8 Å². The van der Waals surface area contributed by atoms with Gasteiger partial charge >= 0.3 is 5.97 Å². The lowest BCUT2D eigenvalue weighted by molar-refractivity contribution is -0.145. The maximum Gasteiger partial charge on any atom is 0.328 e. The molecule has 16 heavy (non-hydrogen) atoms. The number of rotatable bonds is 7. The van der Waals surface area contributed by atoms with Crippen LogP contribution in [-0.2, 0) is 14.3 Å². The van der Waals surface area contributed by atoms with E-state index in [-0.39, 0.29) is 5.91 Å². The first-order valence-electron chi connectivity index (χ1n) is 5.58. The maximum atomic E-state index is 11.4. The standard InChI is InChI=1S/C11H22N2O3/c1-8(2)7-9(11(15)16-3)13-10(14)5-4-6-12/h8-9H,4-7,12H2,1-3H3,(H,13,14). The normalized spacial score (nSPS) is 12.3. The summed E-state index contributed by atoms with van der Waals surface area (Å²) in [6.45, 7) is 4.45.